The largest absolute Gasteiger partial charge is 0.504 e. The van der Waals surface area contributed by atoms with Crippen molar-refractivity contribution in [3.05, 3.63) is 218 Å². The molecular formula is C79H79F7N16O11. The number of nitrogens with one attached hydrogen (secondary N) is 4. The van der Waals surface area contributed by atoms with Crippen LogP contribution < -0.4 is 86.8 Å². The molecule has 590 valence electrons. The Morgan fingerprint density at radius 1 is 0.372 bits per heavy atom. The molecule has 16 rings (SSSR count). The quantitative estimate of drug-likeness (QED) is 0.0491. The lowest BCUT2D eigenvalue weighted by molar-refractivity contribution is -0.0518. The molecule has 4 aliphatic heterocycles. The van der Waals surface area contributed by atoms with E-state index in [9.17, 15) is 60.1 Å². The molecule has 113 heavy (non-hydrogen) atoms. The van der Waals surface area contributed by atoms with E-state index in [0.29, 0.717) is 79.7 Å². The van der Waals surface area contributed by atoms with Crippen LogP contribution in [0.2, 0.25) is 0 Å². The van der Waals surface area contributed by atoms with E-state index in [0.717, 1.165) is 114 Å². The van der Waals surface area contributed by atoms with Gasteiger partial charge in [-0.3, -0.25) is 36.8 Å². The number of benzene rings is 4. The molecule has 6 N–H and O–H groups in total. The molecule has 0 unspecified atom stereocenters. The maximum absolute atomic E-state index is 14.0. The molecule has 34 heteroatoms. The molecule has 0 bridgehead atoms. The number of piperazine rings is 4. The average Bonchev–Trinajstić information content (AvgIpc) is 0.802. The fraction of sp³-hybridized carbons (Fsp3) is 0.291. The first-order chi connectivity index (χ1) is 54.5. The summed E-state index contributed by atoms with van der Waals surface area (Å²) >= 11 is 0. The first-order valence-electron chi connectivity index (χ1n) is 36.1. The second-order valence-electron chi connectivity index (χ2n) is 26.7. The van der Waals surface area contributed by atoms with Crippen LogP contribution in [-0.2, 0) is 0 Å². The molecule has 27 nitrogen and oxygen atoms in total. The highest BCUT2D eigenvalue weighted by Crippen LogP contribution is 2.36. The number of aromatic hydroxyl groups is 2. The number of phenolic OH excluding ortho intramolecular Hbond substituents is 2. The summed E-state index contributed by atoms with van der Waals surface area (Å²) in [5.74, 6) is -1.84. The van der Waals surface area contributed by atoms with Gasteiger partial charge in [-0.05, 0) is 135 Å². The first kappa shape index (κ1) is 78.6. The Balaban J connectivity index is 0.000000132. The second-order valence-corrected chi connectivity index (χ2v) is 26.7. The molecule has 2 atom stereocenters. The number of hydrogen-bond acceptors (Lipinski definition) is 23. The molecule has 0 saturated carbocycles. The van der Waals surface area contributed by atoms with E-state index in [2.05, 4.69) is 88.9 Å². The van der Waals surface area contributed by atoms with Crippen molar-refractivity contribution in [2.75, 3.05) is 125 Å². The van der Waals surface area contributed by atoms with Crippen molar-refractivity contribution in [3.8, 4) is 85.3 Å². The predicted molar refractivity (Wildman–Crippen MR) is 413 cm³/mol. The minimum atomic E-state index is -3.07. The molecule has 0 amide bonds. The fourth-order valence-electron chi connectivity index (χ4n) is 13.5. The van der Waals surface area contributed by atoms with Gasteiger partial charge in [0.05, 0.1) is 59.7 Å². The van der Waals surface area contributed by atoms with Crippen LogP contribution in [0.1, 0.15) is 13.8 Å². The summed E-state index contributed by atoms with van der Waals surface area (Å²) in [7, 11) is 2.78. The Morgan fingerprint density at radius 3 is 1.00 bits per heavy atom. The molecule has 8 aromatic heterocycles. The summed E-state index contributed by atoms with van der Waals surface area (Å²) in [6.45, 7) is 7.36. The van der Waals surface area contributed by atoms with Gasteiger partial charge in [0.25, 0.3) is 22.2 Å². The van der Waals surface area contributed by atoms with E-state index in [1.165, 1.54) is 117 Å². The molecule has 0 spiro atoms. The van der Waals surface area contributed by atoms with Gasteiger partial charge in [0.1, 0.15) is 22.6 Å². The fourth-order valence-corrected chi connectivity index (χ4v) is 13.5. The molecule has 4 saturated heterocycles. The molecule has 4 fully saturated rings. The number of pyridine rings is 4. The third-order valence-corrected chi connectivity index (χ3v) is 19.1. The van der Waals surface area contributed by atoms with Crippen molar-refractivity contribution < 1.29 is 64.6 Å². The molecule has 0 radical (unpaired) electrons. The zero-order valence-electron chi connectivity index (χ0n) is 61.5. The van der Waals surface area contributed by atoms with E-state index >= 15 is 0 Å². The molecule has 4 aliphatic rings. The van der Waals surface area contributed by atoms with Gasteiger partial charge in [-0.2, -0.15) is 26.3 Å². The number of rotatable bonds is 16. The van der Waals surface area contributed by atoms with Crippen LogP contribution in [-0.4, -0.2) is 186 Å². The van der Waals surface area contributed by atoms with Crippen LogP contribution in [0.5, 0.6) is 40.2 Å². The van der Waals surface area contributed by atoms with Gasteiger partial charge in [0, 0.05) is 175 Å². The van der Waals surface area contributed by atoms with E-state index in [1.807, 2.05) is 36.5 Å². The van der Waals surface area contributed by atoms with Crippen molar-refractivity contribution in [3.63, 3.8) is 0 Å². The van der Waals surface area contributed by atoms with Crippen LogP contribution in [0.25, 0.3) is 67.6 Å². The monoisotopic (exact) mass is 1560 g/mol. The van der Waals surface area contributed by atoms with E-state index in [-0.39, 0.29) is 51.0 Å². The van der Waals surface area contributed by atoms with Gasteiger partial charge in [-0.15, -0.1) is 0 Å². The molecular weight excluding hydrogens is 1480 g/mol. The topological polar surface area (TPSA) is 285 Å². The van der Waals surface area contributed by atoms with Gasteiger partial charge >= 0.3 is 19.8 Å². The Bertz CT molecular complexity index is 5670. The lowest BCUT2D eigenvalue weighted by Crippen LogP contribution is -2.49. The molecule has 12 heterocycles. The number of aromatic nitrogens is 8. The molecule has 4 aromatic carbocycles. The summed E-state index contributed by atoms with van der Waals surface area (Å²) in [5.41, 5.74) is 7.84. The van der Waals surface area contributed by atoms with Crippen LogP contribution in [0.3, 0.4) is 0 Å². The lowest BCUT2D eigenvalue weighted by Gasteiger charge is -2.33. The normalized spacial score (nSPS) is 15.8. The molecule has 0 aliphatic carbocycles. The lowest BCUT2D eigenvalue weighted by atomic mass is 10.1. The summed E-state index contributed by atoms with van der Waals surface area (Å²) in [6.07, 6.45) is 7.11. The number of alkyl halides is 6. The first-order valence-corrected chi connectivity index (χ1v) is 36.1. The average molecular weight is 1560 g/mol. The summed E-state index contributed by atoms with van der Waals surface area (Å²) < 4.78 is 118. The van der Waals surface area contributed by atoms with E-state index in [4.69, 9.17) is 9.47 Å². The number of methoxy groups -OCH3 is 2. The number of anilines is 4. The Labute approximate surface area is 640 Å². The highest BCUT2D eigenvalue weighted by molar-refractivity contribution is 5.70. The predicted octanol–water partition coefficient (Wildman–Crippen LogP) is 9.23. The number of hydrogen-bond donors (Lipinski definition) is 6. The van der Waals surface area contributed by atoms with Crippen LogP contribution in [0, 0.1) is 5.82 Å². The maximum atomic E-state index is 14.0. The van der Waals surface area contributed by atoms with E-state index < -0.39 is 37.2 Å². The van der Waals surface area contributed by atoms with Crippen molar-refractivity contribution in [1.29, 1.82) is 0 Å². The Kier molecular flexibility index (Phi) is 24.5. The minimum Gasteiger partial charge on any atom is -0.504 e. The zero-order chi connectivity index (χ0) is 79.6. The summed E-state index contributed by atoms with van der Waals surface area (Å²) in [6, 6.07) is 38.0. The standard InChI is InChI=1S/C21H22F2N4O3.C20H20F2N4O3.C19H18F2N4O3.C19H19FN4O2/c1-13-11-26(8-7-24-13)15-4-6-19-25-16(10-20(28)27(19)12-15)14-3-5-17(29-2)18(9-14)30-21(22)23;1-12-10-25(7-6-23-12)14-3-5-18-24-15(9-19(28)26(18)11-14)13-2-4-16(27)17(8-13)29-20(21)22;20-19(21)28-16-9-12(1-3-15(16)26)14-10-18(27)25-11-13(2-4-17(25)23-14)24-7-5-22-6-8-24;1-26-17-4-2-13(10-15(17)20)16-11-19(25)24-12-14(3-5-18(24)22-16)23-8-6-21-7-9-23/h3-6,9-10,12-13,21,24H,7-8,11H2,1-2H3;2-5,8-9,11-12,20,23,27H,6-7,10H2,1H3;1-4,9-11,19,22,26H,5-8H2;2-5,10-12,21H,6-9H2,1H3/t13-;12-;;/m00../s1. The van der Waals surface area contributed by atoms with Gasteiger partial charge in [0.15, 0.2) is 46.1 Å². The summed E-state index contributed by atoms with van der Waals surface area (Å²) in [4.78, 5) is 77.5. The number of ether oxygens (including phenoxy) is 5. The highest BCUT2D eigenvalue weighted by Gasteiger charge is 2.23. The van der Waals surface area contributed by atoms with Gasteiger partial charge in [-0.25, -0.2) is 24.3 Å². The van der Waals surface area contributed by atoms with Crippen molar-refractivity contribution in [2.45, 2.75) is 45.8 Å². The summed E-state index contributed by atoms with van der Waals surface area (Å²) in [5, 5.41) is 32.7. The van der Waals surface area contributed by atoms with Crippen molar-refractivity contribution >= 4 is 45.3 Å². The highest BCUT2D eigenvalue weighted by atomic mass is 19.3. The smallest absolute Gasteiger partial charge is 0.387 e. The Morgan fingerprint density at radius 2 is 0.673 bits per heavy atom. The van der Waals surface area contributed by atoms with Crippen molar-refractivity contribution in [2.24, 2.45) is 0 Å². The minimum absolute atomic E-state index is 0.116. The van der Waals surface area contributed by atoms with Gasteiger partial charge < -0.3 is 74.8 Å². The second kappa shape index (κ2) is 35.2. The number of phenols is 2. The van der Waals surface area contributed by atoms with Crippen LogP contribution in [0.15, 0.2) is 190 Å². The molecule has 12 aromatic rings. The van der Waals surface area contributed by atoms with E-state index in [1.54, 1.807) is 48.9 Å². The number of fused-ring (bicyclic) bond motifs is 4. The van der Waals surface area contributed by atoms with Crippen molar-refractivity contribution in [1.82, 2.24) is 58.8 Å². The van der Waals surface area contributed by atoms with Crippen LogP contribution in [0.4, 0.5) is 53.5 Å². The van der Waals surface area contributed by atoms with Gasteiger partial charge in [-0.1, -0.05) is 0 Å². The SMILES string of the molecule is COc1ccc(-c2cc(=O)n3cc(N4CCNCC4)ccc3n2)cc1F.COc1ccc(-c2cc(=O)n3cc(N4CCN[C@@H](C)C4)ccc3n2)cc1OC(F)F.C[C@H]1CN(c2ccc3nc(-c4ccc(O)c(OC(F)F)c4)cc(=O)n3c2)CCN1.O=c1cc(-c2ccc(O)c(OC(F)F)c2)nc2ccc(N3CCNCC3)cn12. The Hall–Kier alpha value is -12.5. The third-order valence-electron chi connectivity index (χ3n) is 19.1. The number of halogens is 7. The number of nitrogens with zero attached hydrogens (tertiary/aromatic N) is 12. The third kappa shape index (κ3) is 18.9. The van der Waals surface area contributed by atoms with Crippen LogP contribution >= 0.6 is 0 Å². The van der Waals surface area contributed by atoms with Gasteiger partial charge in [0.2, 0.25) is 0 Å². The maximum Gasteiger partial charge on any atom is 0.387 e. The zero-order valence-corrected chi connectivity index (χ0v) is 61.5.